The molecule has 1 heterocycles. The average molecular weight is 326 g/mol. The Morgan fingerprint density at radius 3 is 2.71 bits per heavy atom. The highest BCUT2D eigenvalue weighted by atomic mass is 35.5. The molecule has 21 heavy (non-hydrogen) atoms. The maximum atomic E-state index is 9.93. The molecule has 0 aliphatic heterocycles. The average Bonchev–Trinajstić information content (AvgIpc) is 2.97. The van der Waals surface area contributed by atoms with E-state index in [4.69, 9.17) is 16.3 Å². The third-order valence-electron chi connectivity index (χ3n) is 3.08. The Bertz CT molecular complexity index is 516. The molecule has 0 aliphatic carbocycles. The van der Waals surface area contributed by atoms with E-state index in [2.05, 4.69) is 29.1 Å². The van der Waals surface area contributed by atoms with Crippen LogP contribution in [0.25, 0.3) is 0 Å². The van der Waals surface area contributed by atoms with Gasteiger partial charge in [-0.1, -0.05) is 11.6 Å². The van der Waals surface area contributed by atoms with Crippen LogP contribution in [-0.2, 0) is 6.42 Å². The molecule has 0 bridgehead atoms. The molecule has 0 fully saturated rings. The van der Waals surface area contributed by atoms with E-state index in [1.54, 1.807) is 35.6 Å². The van der Waals surface area contributed by atoms with E-state index in [9.17, 15) is 5.11 Å². The minimum absolute atomic E-state index is 0.264. The van der Waals surface area contributed by atoms with Crippen LogP contribution in [0.5, 0.6) is 5.75 Å². The second-order valence-corrected chi connectivity index (χ2v) is 6.28. The van der Waals surface area contributed by atoms with E-state index < -0.39 is 6.10 Å². The van der Waals surface area contributed by atoms with Crippen molar-refractivity contribution in [2.24, 2.45) is 0 Å². The second-order valence-electron chi connectivity index (χ2n) is 5.06. The molecule has 2 rings (SSSR count). The lowest BCUT2D eigenvalue weighted by Crippen LogP contribution is -2.37. The molecule has 1 aromatic carbocycles. The van der Waals surface area contributed by atoms with Gasteiger partial charge in [-0.25, -0.2) is 0 Å². The summed E-state index contributed by atoms with van der Waals surface area (Å²) in [4.78, 5) is 0. The molecule has 2 aromatic rings. The second kappa shape index (κ2) is 8.39. The van der Waals surface area contributed by atoms with Crippen LogP contribution < -0.4 is 10.1 Å². The Kier molecular flexibility index (Phi) is 6.51. The van der Waals surface area contributed by atoms with E-state index in [1.807, 2.05) is 0 Å². The highest BCUT2D eigenvalue weighted by Gasteiger charge is 2.09. The van der Waals surface area contributed by atoms with Crippen molar-refractivity contribution in [3.05, 3.63) is 51.7 Å². The maximum Gasteiger partial charge on any atom is 0.119 e. The standard InChI is InChI=1S/C16H20ClNO2S/c1-12(8-13-6-7-21-11-13)18-9-15(19)10-20-16-4-2-14(17)3-5-16/h2-7,11-12,15,18-19H,8-10H2,1H3. The third-order valence-corrected chi connectivity index (χ3v) is 4.06. The molecule has 5 heteroatoms. The number of hydrogen-bond acceptors (Lipinski definition) is 4. The molecule has 0 saturated carbocycles. The Balaban J connectivity index is 1.65. The molecular formula is C16H20ClNO2S. The van der Waals surface area contributed by atoms with Crippen molar-refractivity contribution in [2.75, 3.05) is 13.2 Å². The smallest absolute Gasteiger partial charge is 0.119 e. The number of benzene rings is 1. The predicted octanol–water partition coefficient (Wildman–Crippen LogP) is 3.36. The first kappa shape index (κ1) is 16.3. The van der Waals surface area contributed by atoms with Crippen molar-refractivity contribution >= 4 is 22.9 Å². The molecule has 114 valence electrons. The summed E-state index contributed by atoms with van der Waals surface area (Å²) in [5.41, 5.74) is 1.33. The summed E-state index contributed by atoms with van der Waals surface area (Å²) in [6.07, 6.45) is 0.430. The van der Waals surface area contributed by atoms with Crippen LogP contribution in [0.1, 0.15) is 12.5 Å². The van der Waals surface area contributed by atoms with Gasteiger partial charge in [-0.15, -0.1) is 0 Å². The molecule has 0 spiro atoms. The number of thiophene rings is 1. The van der Waals surface area contributed by atoms with Crippen molar-refractivity contribution in [2.45, 2.75) is 25.5 Å². The largest absolute Gasteiger partial charge is 0.491 e. The molecule has 1 aromatic heterocycles. The van der Waals surface area contributed by atoms with Gasteiger partial charge in [-0.2, -0.15) is 11.3 Å². The summed E-state index contributed by atoms with van der Waals surface area (Å²) in [5, 5.41) is 18.2. The zero-order valence-electron chi connectivity index (χ0n) is 12.0. The SMILES string of the molecule is CC(Cc1ccsc1)NCC(O)COc1ccc(Cl)cc1. The molecule has 2 atom stereocenters. The molecule has 3 nitrogen and oxygen atoms in total. The Labute approximate surface area is 134 Å². The van der Waals surface area contributed by atoms with Gasteiger partial charge in [-0.3, -0.25) is 0 Å². The van der Waals surface area contributed by atoms with Crippen LogP contribution in [0.3, 0.4) is 0 Å². The van der Waals surface area contributed by atoms with Crippen LogP contribution in [0.2, 0.25) is 5.02 Å². The topological polar surface area (TPSA) is 41.5 Å². The molecule has 2 N–H and O–H groups in total. The monoisotopic (exact) mass is 325 g/mol. The van der Waals surface area contributed by atoms with Gasteiger partial charge in [0.15, 0.2) is 0 Å². The van der Waals surface area contributed by atoms with Crippen LogP contribution in [0.15, 0.2) is 41.1 Å². The van der Waals surface area contributed by atoms with E-state index in [1.165, 1.54) is 5.56 Å². The van der Waals surface area contributed by atoms with Crippen LogP contribution in [0, 0.1) is 0 Å². The predicted molar refractivity (Wildman–Crippen MR) is 88.4 cm³/mol. The summed E-state index contributed by atoms with van der Waals surface area (Å²) in [6, 6.07) is 9.58. The number of halogens is 1. The maximum absolute atomic E-state index is 9.93. The van der Waals surface area contributed by atoms with Gasteiger partial charge < -0.3 is 15.2 Å². The molecule has 0 saturated heterocycles. The van der Waals surface area contributed by atoms with Gasteiger partial charge in [0.25, 0.3) is 0 Å². The summed E-state index contributed by atoms with van der Waals surface area (Å²) in [5.74, 6) is 0.713. The summed E-state index contributed by atoms with van der Waals surface area (Å²) in [7, 11) is 0. The number of aliphatic hydroxyl groups is 1. The zero-order chi connectivity index (χ0) is 15.1. The number of rotatable bonds is 8. The lowest BCUT2D eigenvalue weighted by Gasteiger charge is -2.17. The van der Waals surface area contributed by atoms with Gasteiger partial charge in [0, 0.05) is 17.6 Å². The van der Waals surface area contributed by atoms with Crippen LogP contribution in [0.4, 0.5) is 0 Å². The number of hydrogen-bond donors (Lipinski definition) is 2. The zero-order valence-corrected chi connectivity index (χ0v) is 13.5. The Morgan fingerprint density at radius 2 is 2.05 bits per heavy atom. The van der Waals surface area contributed by atoms with Crippen molar-refractivity contribution in [1.82, 2.24) is 5.32 Å². The third kappa shape index (κ3) is 6.06. The highest BCUT2D eigenvalue weighted by molar-refractivity contribution is 7.07. The highest BCUT2D eigenvalue weighted by Crippen LogP contribution is 2.15. The summed E-state index contributed by atoms with van der Waals surface area (Å²) in [6.45, 7) is 2.89. The Hall–Kier alpha value is -1.07. The minimum atomic E-state index is -0.536. The lowest BCUT2D eigenvalue weighted by molar-refractivity contribution is 0.104. The quantitative estimate of drug-likeness (QED) is 0.782. The molecular weight excluding hydrogens is 306 g/mol. The van der Waals surface area contributed by atoms with Crippen molar-refractivity contribution < 1.29 is 9.84 Å². The normalized spacial score (nSPS) is 13.9. The molecule has 0 amide bonds. The number of ether oxygens (including phenoxy) is 1. The fourth-order valence-electron chi connectivity index (χ4n) is 1.95. The van der Waals surface area contributed by atoms with Gasteiger partial charge >= 0.3 is 0 Å². The first-order chi connectivity index (χ1) is 10.1. The molecule has 2 unspecified atom stereocenters. The van der Waals surface area contributed by atoms with Crippen molar-refractivity contribution in [3.63, 3.8) is 0 Å². The minimum Gasteiger partial charge on any atom is -0.491 e. The van der Waals surface area contributed by atoms with E-state index in [0.29, 0.717) is 23.4 Å². The Morgan fingerprint density at radius 1 is 1.29 bits per heavy atom. The van der Waals surface area contributed by atoms with Crippen molar-refractivity contribution in [1.29, 1.82) is 0 Å². The summed E-state index contributed by atoms with van der Waals surface area (Å²) >= 11 is 7.51. The fraction of sp³-hybridized carbons (Fsp3) is 0.375. The first-order valence-corrected chi connectivity index (χ1v) is 8.26. The van der Waals surface area contributed by atoms with E-state index in [-0.39, 0.29) is 6.61 Å². The lowest BCUT2D eigenvalue weighted by atomic mass is 10.1. The van der Waals surface area contributed by atoms with Crippen LogP contribution in [-0.4, -0.2) is 30.4 Å². The first-order valence-electron chi connectivity index (χ1n) is 6.94. The van der Waals surface area contributed by atoms with Gasteiger partial charge in [-0.05, 0) is 60.0 Å². The number of aliphatic hydroxyl groups excluding tert-OH is 1. The van der Waals surface area contributed by atoms with E-state index >= 15 is 0 Å². The molecule has 0 radical (unpaired) electrons. The van der Waals surface area contributed by atoms with Gasteiger partial charge in [0.2, 0.25) is 0 Å². The van der Waals surface area contributed by atoms with Crippen molar-refractivity contribution in [3.8, 4) is 5.75 Å². The van der Waals surface area contributed by atoms with E-state index in [0.717, 1.165) is 6.42 Å². The summed E-state index contributed by atoms with van der Waals surface area (Å²) < 4.78 is 5.51. The molecule has 0 aliphatic rings. The number of nitrogens with one attached hydrogen (secondary N) is 1. The van der Waals surface area contributed by atoms with Gasteiger partial charge in [0.05, 0.1) is 0 Å². The van der Waals surface area contributed by atoms with Crippen LogP contribution >= 0.6 is 22.9 Å². The fourth-order valence-corrected chi connectivity index (χ4v) is 2.76. The van der Waals surface area contributed by atoms with Gasteiger partial charge in [0.1, 0.15) is 18.5 Å².